The second-order valence-corrected chi connectivity index (χ2v) is 6.32. The zero-order valence-corrected chi connectivity index (χ0v) is 15.9. The van der Waals surface area contributed by atoms with Gasteiger partial charge in [0, 0.05) is 23.1 Å². The SMILES string of the molecule is CCOc1ccc2c(c1)c(C)c(C(=O)Nc1ccc(O)c(C(=O)O)c1)n2CC. The number of hydrogen-bond donors (Lipinski definition) is 3. The van der Waals surface area contributed by atoms with Crippen LogP contribution < -0.4 is 10.1 Å². The second kappa shape index (κ2) is 7.64. The van der Waals surface area contributed by atoms with Crippen molar-refractivity contribution in [1.82, 2.24) is 4.57 Å². The summed E-state index contributed by atoms with van der Waals surface area (Å²) in [5.74, 6) is -1.23. The summed E-state index contributed by atoms with van der Waals surface area (Å²) >= 11 is 0. The maximum atomic E-state index is 13.0. The van der Waals surface area contributed by atoms with E-state index in [1.165, 1.54) is 18.2 Å². The number of hydrogen-bond acceptors (Lipinski definition) is 4. The van der Waals surface area contributed by atoms with E-state index in [1.54, 1.807) is 0 Å². The Kier molecular flexibility index (Phi) is 5.26. The molecule has 1 heterocycles. The van der Waals surface area contributed by atoms with E-state index in [1.807, 2.05) is 43.5 Å². The van der Waals surface area contributed by atoms with Crippen LogP contribution in [0.4, 0.5) is 5.69 Å². The minimum atomic E-state index is -1.27. The maximum Gasteiger partial charge on any atom is 0.339 e. The zero-order chi connectivity index (χ0) is 20.4. The molecule has 7 nitrogen and oxygen atoms in total. The van der Waals surface area contributed by atoms with Crippen LogP contribution in [-0.4, -0.2) is 33.3 Å². The molecule has 7 heteroatoms. The van der Waals surface area contributed by atoms with Gasteiger partial charge in [-0.1, -0.05) is 0 Å². The first-order valence-corrected chi connectivity index (χ1v) is 9.00. The van der Waals surface area contributed by atoms with Crippen molar-refractivity contribution in [2.45, 2.75) is 27.3 Å². The van der Waals surface area contributed by atoms with Crippen molar-refractivity contribution in [2.75, 3.05) is 11.9 Å². The van der Waals surface area contributed by atoms with E-state index < -0.39 is 5.97 Å². The first-order chi connectivity index (χ1) is 13.4. The van der Waals surface area contributed by atoms with Crippen LogP contribution >= 0.6 is 0 Å². The molecule has 0 fully saturated rings. The van der Waals surface area contributed by atoms with Crippen LogP contribution in [0.25, 0.3) is 10.9 Å². The molecule has 146 valence electrons. The number of nitrogens with zero attached hydrogens (tertiary/aromatic N) is 1. The highest BCUT2D eigenvalue weighted by molar-refractivity contribution is 6.09. The number of carboxylic acid groups (broad SMARTS) is 1. The summed E-state index contributed by atoms with van der Waals surface area (Å²) in [6, 6.07) is 9.66. The van der Waals surface area contributed by atoms with Gasteiger partial charge in [0.25, 0.3) is 5.91 Å². The number of nitrogens with one attached hydrogen (secondary N) is 1. The predicted molar refractivity (Wildman–Crippen MR) is 107 cm³/mol. The molecule has 1 amide bonds. The molecule has 3 rings (SSSR count). The number of carbonyl (C=O) groups excluding carboxylic acids is 1. The standard InChI is InChI=1S/C21H22N2O5/c1-4-23-17-8-7-14(28-5-2)11-15(17)12(3)19(23)20(25)22-13-6-9-18(24)16(10-13)21(26)27/h6-11,24H,4-5H2,1-3H3,(H,22,25)(H,26,27). The van der Waals surface area contributed by atoms with Crippen molar-refractivity contribution in [3.63, 3.8) is 0 Å². The van der Waals surface area contributed by atoms with Crippen molar-refractivity contribution < 1.29 is 24.5 Å². The summed E-state index contributed by atoms with van der Waals surface area (Å²) in [5, 5.41) is 22.4. The molecule has 0 saturated carbocycles. The van der Waals surface area contributed by atoms with Gasteiger partial charge in [0.05, 0.1) is 6.61 Å². The smallest absolute Gasteiger partial charge is 0.339 e. The summed E-state index contributed by atoms with van der Waals surface area (Å²) in [7, 11) is 0. The van der Waals surface area contributed by atoms with Gasteiger partial charge in [0.2, 0.25) is 0 Å². The Bertz CT molecular complexity index is 1070. The average Bonchev–Trinajstić information content (AvgIpc) is 2.95. The number of anilines is 1. The van der Waals surface area contributed by atoms with E-state index in [0.29, 0.717) is 24.5 Å². The summed E-state index contributed by atoms with van der Waals surface area (Å²) < 4.78 is 7.48. The molecule has 0 atom stereocenters. The van der Waals surface area contributed by atoms with Gasteiger partial charge in [-0.3, -0.25) is 4.79 Å². The van der Waals surface area contributed by atoms with Crippen LogP contribution in [0.3, 0.4) is 0 Å². The Morgan fingerprint density at radius 1 is 1.14 bits per heavy atom. The molecule has 3 aromatic rings. The van der Waals surface area contributed by atoms with Crippen molar-refractivity contribution in [2.24, 2.45) is 0 Å². The monoisotopic (exact) mass is 382 g/mol. The summed E-state index contributed by atoms with van der Waals surface area (Å²) in [6.45, 7) is 6.89. The maximum absolute atomic E-state index is 13.0. The third-order valence-corrected chi connectivity index (χ3v) is 4.62. The fourth-order valence-corrected chi connectivity index (χ4v) is 3.35. The first-order valence-electron chi connectivity index (χ1n) is 9.00. The quantitative estimate of drug-likeness (QED) is 0.559. The Hall–Kier alpha value is -3.48. The Morgan fingerprint density at radius 2 is 1.89 bits per heavy atom. The van der Waals surface area contributed by atoms with Crippen LogP contribution in [0.1, 0.15) is 40.3 Å². The molecule has 0 aliphatic carbocycles. The number of aromatic carboxylic acids is 1. The van der Waals surface area contributed by atoms with Gasteiger partial charge in [0.1, 0.15) is 22.8 Å². The fraction of sp³-hybridized carbons (Fsp3) is 0.238. The predicted octanol–water partition coefficient (Wildman–Crippen LogP) is 4.02. The first kappa shape index (κ1) is 19.3. The molecular formula is C21H22N2O5. The Morgan fingerprint density at radius 3 is 2.54 bits per heavy atom. The van der Waals surface area contributed by atoms with E-state index in [-0.39, 0.29) is 17.2 Å². The average molecular weight is 382 g/mol. The molecule has 0 radical (unpaired) electrons. The topological polar surface area (TPSA) is 101 Å². The van der Waals surface area contributed by atoms with Crippen LogP contribution in [0, 0.1) is 6.92 Å². The number of carboxylic acids is 1. The second-order valence-electron chi connectivity index (χ2n) is 6.32. The number of benzene rings is 2. The molecule has 2 aromatic carbocycles. The van der Waals surface area contributed by atoms with Crippen molar-refractivity contribution in [3.8, 4) is 11.5 Å². The molecule has 0 unspecified atom stereocenters. The lowest BCUT2D eigenvalue weighted by atomic mass is 10.1. The molecule has 0 saturated heterocycles. The number of fused-ring (bicyclic) bond motifs is 1. The normalized spacial score (nSPS) is 10.8. The van der Waals surface area contributed by atoms with Gasteiger partial charge in [-0.15, -0.1) is 0 Å². The Labute approximate surface area is 162 Å². The lowest BCUT2D eigenvalue weighted by molar-refractivity contribution is 0.0693. The number of ether oxygens (including phenoxy) is 1. The molecule has 0 spiro atoms. The van der Waals surface area contributed by atoms with Gasteiger partial charge in [0.15, 0.2) is 0 Å². The number of aromatic nitrogens is 1. The molecule has 28 heavy (non-hydrogen) atoms. The van der Waals surface area contributed by atoms with Crippen LogP contribution in [0.2, 0.25) is 0 Å². The highest BCUT2D eigenvalue weighted by atomic mass is 16.5. The van der Waals surface area contributed by atoms with Gasteiger partial charge >= 0.3 is 5.97 Å². The van der Waals surface area contributed by atoms with Crippen molar-refractivity contribution >= 4 is 28.5 Å². The van der Waals surface area contributed by atoms with E-state index in [0.717, 1.165) is 22.2 Å². The number of rotatable bonds is 6. The van der Waals surface area contributed by atoms with E-state index in [4.69, 9.17) is 9.84 Å². The number of amides is 1. The fourth-order valence-electron chi connectivity index (χ4n) is 3.35. The highest BCUT2D eigenvalue weighted by Crippen LogP contribution is 2.30. The molecule has 0 aliphatic heterocycles. The highest BCUT2D eigenvalue weighted by Gasteiger charge is 2.21. The molecule has 0 aliphatic rings. The summed E-state index contributed by atoms with van der Waals surface area (Å²) in [4.78, 5) is 24.2. The largest absolute Gasteiger partial charge is 0.507 e. The third-order valence-electron chi connectivity index (χ3n) is 4.62. The molecule has 3 N–H and O–H groups in total. The number of carbonyl (C=O) groups is 2. The Balaban J connectivity index is 2.03. The van der Waals surface area contributed by atoms with E-state index in [9.17, 15) is 14.7 Å². The van der Waals surface area contributed by atoms with Gasteiger partial charge in [-0.05, 0) is 62.7 Å². The third kappa shape index (κ3) is 3.38. The number of aromatic hydroxyl groups is 1. The molecule has 1 aromatic heterocycles. The summed E-state index contributed by atoms with van der Waals surface area (Å²) in [6.07, 6.45) is 0. The zero-order valence-electron chi connectivity index (χ0n) is 15.9. The minimum Gasteiger partial charge on any atom is -0.507 e. The van der Waals surface area contributed by atoms with Crippen LogP contribution in [-0.2, 0) is 6.54 Å². The van der Waals surface area contributed by atoms with Crippen LogP contribution in [0.15, 0.2) is 36.4 Å². The number of phenols is 1. The van der Waals surface area contributed by atoms with Crippen molar-refractivity contribution in [3.05, 3.63) is 53.2 Å². The van der Waals surface area contributed by atoms with Crippen LogP contribution in [0.5, 0.6) is 11.5 Å². The number of aryl methyl sites for hydroxylation is 2. The van der Waals surface area contributed by atoms with E-state index in [2.05, 4.69) is 5.32 Å². The summed E-state index contributed by atoms with van der Waals surface area (Å²) in [5.41, 5.74) is 2.25. The van der Waals surface area contributed by atoms with Gasteiger partial charge in [-0.2, -0.15) is 0 Å². The lowest BCUT2D eigenvalue weighted by Crippen LogP contribution is -2.18. The minimum absolute atomic E-state index is 0.271. The van der Waals surface area contributed by atoms with Gasteiger partial charge < -0.3 is 24.8 Å². The van der Waals surface area contributed by atoms with Gasteiger partial charge in [-0.25, -0.2) is 4.79 Å². The van der Waals surface area contributed by atoms with E-state index >= 15 is 0 Å². The molecule has 0 bridgehead atoms. The molecular weight excluding hydrogens is 360 g/mol. The lowest BCUT2D eigenvalue weighted by Gasteiger charge is -2.11. The van der Waals surface area contributed by atoms with Crippen molar-refractivity contribution in [1.29, 1.82) is 0 Å².